The molecular formula is C17H20ClNO2. The zero-order valence-corrected chi connectivity index (χ0v) is 12.9. The van der Waals surface area contributed by atoms with Gasteiger partial charge in [-0.3, -0.25) is 5.41 Å². The molecule has 0 amide bonds. The van der Waals surface area contributed by atoms with Gasteiger partial charge in [-0.15, -0.1) is 12.4 Å². The zero-order chi connectivity index (χ0) is 14.2. The van der Waals surface area contributed by atoms with E-state index in [9.17, 15) is 0 Å². The van der Waals surface area contributed by atoms with Crippen LogP contribution >= 0.6 is 12.4 Å². The molecule has 0 unspecified atom stereocenters. The Bertz CT molecular complexity index is 540. The van der Waals surface area contributed by atoms with Crippen LogP contribution in [0.1, 0.15) is 18.1 Å². The number of halogens is 1. The van der Waals surface area contributed by atoms with Gasteiger partial charge in [0.15, 0.2) is 5.90 Å². The van der Waals surface area contributed by atoms with E-state index in [0.717, 1.165) is 16.9 Å². The normalized spacial score (nSPS) is 9.57. The Morgan fingerprint density at radius 1 is 0.952 bits per heavy atom. The van der Waals surface area contributed by atoms with Crippen molar-refractivity contribution in [2.75, 3.05) is 6.61 Å². The molecule has 0 aromatic heterocycles. The van der Waals surface area contributed by atoms with Gasteiger partial charge in [-0.25, -0.2) is 0 Å². The Morgan fingerprint density at radius 3 is 2.24 bits per heavy atom. The number of benzene rings is 2. The number of ether oxygens (including phenoxy) is 2. The van der Waals surface area contributed by atoms with Crippen LogP contribution in [-0.4, -0.2) is 12.5 Å². The first-order valence-electron chi connectivity index (χ1n) is 6.74. The summed E-state index contributed by atoms with van der Waals surface area (Å²) in [4.78, 5) is 0. The van der Waals surface area contributed by atoms with E-state index in [1.807, 2.05) is 61.5 Å². The summed E-state index contributed by atoms with van der Waals surface area (Å²) in [6.07, 6.45) is 0.521. The Labute approximate surface area is 131 Å². The highest BCUT2D eigenvalue weighted by Crippen LogP contribution is 2.14. The number of rotatable bonds is 6. The van der Waals surface area contributed by atoms with Crippen LogP contribution in [0.3, 0.4) is 0 Å². The maximum atomic E-state index is 7.62. The van der Waals surface area contributed by atoms with E-state index in [1.165, 1.54) is 0 Å². The van der Waals surface area contributed by atoms with Crippen molar-refractivity contribution < 1.29 is 9.47 Å². The van der Waals surface area contributed by atoms with Gasteiger partial charge in [-0.05, 0) is 30.2 Å². The summed E-state index contributed by atoms with van der Waals surface area (Å²) in [5.41, 5.74) is 2.20. The van der Waals surface area contributed by atoms with Crippen LogP contribution in [0, 0.1) is 5.41 Å². The third kappa shape index (κ3) is 5.88. The first-order chi connectivity index (χ1) is 9.78. The average molecular weight is 306 g/mol. The Morgan fingerprint density at radius 2 is 1.62 bits per heavy atom. The van der Waals surface area contributed by atoms with Crippen LogP contribution in [0.2, 0.25) is 0 Å². The predicted molar refractivity (Wildman–Crippen MR) is 87.5 cm³/mol. The van der Waals surface area contributed by atoms with E-state index in [-0.39, 0.29) is 12.4 Å². The van der Waals surface area contributed by atoms with E-state index < -0.39 is 0 Å². The highest BCUT2D eigenvalue weighted by Gasteiger charge is 2.01. The molecule has 1 N–H and O–H groups in total. The van der Waals surface area contributed by atoms with E-state index in [0.29, 0.717) is 25.5 Å². The molecule has 0 atom stereocenters. The van der Waals surface area contributed by atoms with Gasteiger partial charge in [0.1, 0.15) is 12.4 Å². The molecule has 3 nitrogen and oxygen atoms in total. The number of hydrogen-bond acceptors (Lipinski definition) is 3. The fourth-order valence-electron chi connectivity index (χ4n) is 1.86. The zero-order valence-electron chi connectivity index (χ0n) is 12.0. The van der Waals surface area contributed by atoms with Gasteiger partial charge in [-0.1, -0.05) is 42.5 Å². The molecule has 0 aliphatic rings. The summed E-state index contributed by atoms with van der Waals surface area (Å²) in [5, 5.41) is 7.62. The first-order valence-corrected chi connectivity index (χ1v) is 6.74. The van der Waals surface area contributed by atoms with E-state index in [1.54, 1.807) is 0 Å². The quantitative estimate of drug-likeness (QED) is 0.640. The lowest BCUT2D eigenvalue weighted by molar-refractivity contribution is 0.306. The lowest BCUT2D eigenvalue weighted by Gasteiger charge is -2.08. The largest absolute Gasteiger partial charge is 0.489 e. The Hall–Kier alpha value is -2.00. The second-order valence-electron chi connectivity index (χ2n) is 4.45. The average Bonchev–Trinajstić information content (AvgIpc) is 2.48. The third-order valence-electron chi connectivity index (χ3n) is 2.85. The van der Waals surface area contributed by atoms with Gasteiger partial charge < -0.3 is 9.47 Å². The summed E-state index contributed by atoms with van der Waals surface area (Å²) in [6.45, 7) is 2.99. The van der Waals surface area contributed by atoms with Gasteiger partial charge in [0.05, 0.1) is 6.61 Å². The predicted octanol–water partition coefficient (Wildman–Crippen LogP) is 4.24. The molecule has 0 saturated heterocycles. The van der Waals surface area contributed by atoms with Crippen LogP contribution in [0.5, 0.6) is 5.75 Å². The van der Waals surface area contributed by atoms with E-state index in [2.05, 4.69) is 0 Å². The van der Waals surface area contributed by atoms with Crippen molar-refractivity contribution >= 4 is 18.3 Å². The second-order valence-corrected chi connectivity index (χ2v) is 4.45. The fraction of sp³-hybridized carbons (Fsp3) is 0.235. The molecule has 2 aromatic carbocycles. The molecule has 0 aliphatic heterocycles. The molecule has 112 valence electrons. The van der Waals surface area contributed by atoms with Gasteiger partial charge in [0, 0.05) is 6.42 Å². The minimum absolute atomic E-state index is 0. The third-order valence-corrected chi connectivity index (χ3v) is 2.85. The van der Waals surface area contributed by atoms with Crippen LogP contribution in [-0.2, 0) is 17.8 Å². The standard InChI is InChI=1S/C17H19NO2.ClH/c1-2-19-17(18)12-14-8-10-16(11-9-14)20-13-15-6-4-3-5-7-15;/h3-11,18H,2,12-13H2,1H3;1H. The minimum Gasteiger partial charge on any atom is -0.489 e. The fourth-order valence-corrected chi connectivity index (χ4v) is 1.86. The number of nitrogens with one attached hydrogen (secondary N) is 1. The summed E-state index contributed by atoms with van der Waals surface area (Å²) < 4.78 is 10.8. The van der Waals surface area contributed by atoms with Crippen LogP contribution in [0.4, 0.5) is 0 Å². The highest BCUT2D eigenvalue weighted by molar-refractivity contribution is 5.85. The molecule has 0 aliphatic carbocycles. The maximum absolute atomic E-state index is 7.62. The number of hydrogen-bond donors (Lipinski definition) is 1. The molecule has 21 heavy (non-hydrogen) atoms. The molecule has 0 spiro atoms. The molecule has 2 rings (SSSR count). The topological polar surface area (TPSA) is 42.3 Å². The monoisotopic (exact) mass is 305 g/mol. The van der Waals surface area contributed by atoms with Crippen molar-refractivity contribution in [1.82, 2.24) is 0 Å². The van der Waals surface area contributed by atoms with Gasteiger partial charge in [0.2, 0.25) is 0 Å². The smallest absolute Gasteiger partial charge is 0.184 e. The molecule has 0 fully saturated rings. The van der Waals surface area contributed by atoms with Crippen LogP contribution < -0.4 is 4.74 Å². The van der Waals surface area contributed by atoms with Crippen molar-refractivity contribution in [1.29, 1.82) is 5.41 Å². The van der Waals surface area contributed by atoms with Gasteiger partial charge >= 0.3 is 0 Å². The maximum Gasteiger partial charge on any atom is 0.184 e. The lowest BCUT2D eigenvalue weighted by Crippen LogP contribution is -2.06. The van der Waals surface area contributed by atoms with Crippen molar-refractivity contribution in [2.24, 2.45) is 0 Å². The van der Waals surface area contributed by atoms with Crippen LogP contribution in [0.15, 0.2) is 54.6 Å². The van der Waals surface area contributed by atoms with Crippen molar-refractivity contribution in [3.8, 4) is 5.75 Å². The van der Waals surface area contributed by atoms with Crippen molar-refractivity contribution in [3.05, 3.63) is 65.7 Å². The SMILES string of the molecule is CCOC(=N)Cc1ccc(OCc2ccccc2)cc1.Cl. The Kier molecular flexibility index (Phi) is 7.33. The summed E-state index contributed by atoms with van der Waals surface area (Å²) >= 11 is 0. The molecule has 0 heterocycles. The highest BCUT2D eigenvalue weighted by atomic mass is 35.5. The van der Waals surface area contributed by atoms with Crippen LogP contribution in [0.25, 0.3) is 0 Å². The van der Waals surface area contributed by atoms with Gasteiger partial charge in [-0.2, -0.15) is 0 Å². The molecule has 0 bridgehead atoms. The van der Waals surface area contributed by atoms with E-state index in [4.69, 9.17) is 14.9 Å². The first kappa shape index (κ1) is 17.1. The lowest BCUT2D eigenvalue weighted by atomic mass is 10.1. The van der Waals surface area contributed by atoms with Crippen molar-refractivity contribution in [2.45, 2.75) is 20.0 Å². The molecule has 0 radical (unpaired) electrons. The molecule has 0 saturated carbocycles. The second kappa shape index (κ2) is 9.03. The van der Waals surface area contributed by atoms with E-state index >= 15 is 0 Å². The molecule has 2 aromatic rings. The molecular weight excluding hydrogens is 286 g/mol. The summed E-state index contributed by atoms with van der Waals surface area (Å²) in [6, 6.07) is 17.9. The summed E-state index contributed by atoms with van der Waals surface area (Å²) in [5.74, 6) is 1.13. The Balaban J connectivity index is 0.00000220. The molecule has 4 heteroatoms. The van der Waals surface area contributed by atoms with Gasteiger partial charge in [0.25, 0.3) is 0 Å². The van der Waals surface area contributed by atoms with Crippen molar-refractivity contribution in [3.63, 3.8) is 0 Å². The summed E-state index contributed by atoms with van der Waals surface area (Å²) in [7, 11) is 0. The minimum atomic E-state index is 0.